The van der Waals surface area contributed by atoms with Gasteiger partial charge in [-0.3, -0.25) is 10.2 Å². The number of nitrogens with two attached hydrogens (primary N) is 1. The standard InChI is InChI=1S/C21H22FN7O2/c1-4-11(2)27-16-10-29(3)21(30)13-6-5-12(22)7-17(13)31-20-19(25)26-9-15(28-20)18(16)14(24)8-23/h5-7,9,11,24,27H,4,10H2,1-3H3,(H2,25,26)/b18-16+,24-14?. The molecule has 31 heavy (non-hydrogen) atoms. The molecule has 0 aliphatic carbocycles. The Kier molecular flexibility index (Phi) is 6.15. The van der Waals surface area contributed by atoms with E-state index in [1.54, 1.807) is 7.05 Å². The fraction of sp³-hybridized carbons (Fsp3) is 0.286. The molecule has 4 N–H and O–H groups in total. The van der Waals surface area contributed by atoms with E-state index in [9.17, 15) is 14.4 Å². The van der Waals surface area contributed by atoms with Gasteiger partial charge in [-0.05, 0) is 25.5 Å². The van der Waals surface area contributed by atoms with Gasteiger partial charge in [0.25, 0.3) is 11.8 Å². The van der Waals surface area contributed by atoms with Gasteiger partial charge in [-0.2, -0.15) is 5.26 Å². The second-order valence-electron chi connectivity index (χ2n) is 7.14. The van der Waals surface area contributed by atoms with E-state index in [1.807, 2.05) is 19.9 Å². The topological polar surface area (TPSA) is 141 Å². The van der Waals surface area contributed by atoms with Crippen LogP contribution in [0.4, 0.5) is 10.2 Å². The molecule has 9 nitrogen and oxygen atoms in total. The fourth-order valence-electron chi connectivity index (χ4n) is 3.04. The molecule has 1 aromatic carbocycles. The minimum absolute atomic E-state index is 0.0102. The van der Waals surface area contributed by atoms with Crippen LogP contribution in [0, 0.1) is 22.6 Å². The van der Waals surface area contributed by atoms with Crippen LogP contribution in [-0.4, -0.2) is 46.1 Å². The maximum Gasteiger partial charge on any atom is 0.263 e. The van der Waals surface area contributed by atoms with Gasteiger partial charge in [-0.1, -0.05) is 6.92 Å². The number of fused-ring (bicyclic) bond motifs is 3. The number of aromatic nitrogens is 2. The third-order valence-corrected chi connectivity index (χ3v) is 4.84. The molecule has 0 fully saturated rings. The van der Waals surface area contributed by atoms with E-state index in [0.29, 0.717) is 5.70 Å². The lowest BCUT2D eigenvalue weighted by atomic mass is 10.0. The second-order valence-corrected chi connectivity index (χ2v) is 7.14. The van der Waals surface area contributed by atoms with Crippen molar-refractivity contribution < 1.29 is 13.9 Å². The summed E-state index contributed by atoms with van der Waals surface area (Å²) in [5.74, 6) is -1.35. The molecule has 0 saturated heterocycles. The number of amides is 1. The number of rotatable bonds is 4. The number of ether oxygens (including phenoxy) is 1. The molecule has 0 saturated carbocycles. The van der Waals surface area contributed by atoms with Gasteiger partial charge in [0.15, 0.2) is 5.82 Å². The van der Waals surface area contributed by atoms with Crippen molar-refractivity contribution in [2.45, 2.75) is 26.3 Å². The van der Waals surface area contributed by atoms with Crippen LogP contribution in [0.2, 0.25) is 0 Å². The van der Waals surface area contributed by atoms with E-state index in [4.69, 9.17) is 15.9 Å². The maximum atomic E-state index is 13.9. The molecule has 0 spiro atoms. The Morgan fingerprint density at radius 3 is 2.94 bits per heavy atom. The van der Waals surface area contributed by atoms with Crippen molar-refractivity contribution in [2.75, 3.05) is 19.3 Å². The molecule has 2 heterocycles. The average molecular weight is 423 g/mol. The van der Waals surface area contributed by atoms with Gasteiger partial charge in [-0.15, -0.1) is 0 Å². The largest absolute Gasteiger partial charge is 0.435 e. The SMILES string of the molecule is CCC(C)N/C1=C(\C(=N)C#N)c2cnc(N)c(n2)Oc2cc(F)ccc2C(=O)N(C)C1. The molecule has 160 valence electrons. The number of hydrogen-bond donors (Lipinski definition) is 3. The molecule has 3 rings (SSSR count). The van der Waals surface area contributed by atoms with E-state index in [-0.39, 0.29) is 52.6 Å². The highest BCUT2D eigenvalue weighted by Crippen LogP contribution is 2.31. The number of nitrogens with zero attached hydrogens (tertiary/aromatic N) is 4. The van der Waals surface area contributed by atoms with Gasteiger partial charge in [0.1, 0.15) is 23.3 Å². The summed E-state index contributed by atoms with van der Waals surface area (Å²) in [5, 5.41) is 20.9. The zero-order chi connectivity index (χ0) is 22.7. The van der Waals surface area contributed by atoms with Crippen molar-refractivity contribution in [3.63, 3.8) is 0 Å². The lowest BCUT2D eigenvalue weighted by molar-refractivity contribution is 0.0802. The van der Waals surface area contributed by atoms with Crippen molar-refractivity contribution in [1.82, 2.24) is 20.2 Å². The summed E-state index contributed by atoms with van der Waals surface area (Å²) in [6.07, 6.45) is 2.09. The van der Waals surface area contributed by atoms with E-state index in [0.717, 1.165) is 18.6 Å². The Bertz CT molecular complexity index is 1120. The first kappa shape index (κ1) is 21.7. The van der Waals surface area contributed by atoms with Crippen molar-refractivity contribution in [3.8, 4) is 17.7 Å². The van der Waals surface area contributed by atoms with Crippen molar-refractivity contribution >= 4 is 23.0 Å². The van der Waals surface area contributed by atoms with E-state index >= 15 is 0 Å². The van der Waals surface area contributed by atoms with Crippen LogP contribution in [-0.2, 0) is 0 Å². The third kappa shape index (κ3) is 4.45. The van der Waals surface area contributed by atoms with Crippen LogP contribution < -0.4 is 15.8 Å². The number of nitrogens with one attached hydrogen (secondary N) is 2. The molecule has 1 aliphatic heterocycles. The Hall–Kier alpha value is -4.00. The number of benzene rings is 1. The summed E-state index contributed by atoms with van der Waals surface area (Å²) in [5.41, 5.74) is 6.44. The van der Waals surface area contributed by atoms with Crippen LogP contribution in [0.25, 0.3) is 5.57 Å². The van der Waals surface area contributed by atoms with Crippen molar-refractivity contribution in [2.24, 2.45) is 0 Å². The monoisotopic (exact) mass is 423 g/mol. The number of anilines is 1. The Morgan fingerprint density at radius 2 is 2.26 bits per heavy atom. The number of hydrogen-bond acceptors (Lipinski definition) is 8. The van der Waals surface area contributed by atoms with Gasteiger partial charge >= 0.3 is 0 Å². The molecule has 1 aromatic heterocycles. The molecule has 1 unspecified atom stereocenters. The van der Waals surface area contributed by atoms with Gasteiger partial charge in [-0.25, -0.2) is 14.4 Å². The molecular formula is C21H22FN7O2. The smallest absolute Gasteiger partial charge is 0.263 e. The summed E-state index contributed by atoms with van der Waals surface area (Å²) in [6, 6.07) is 5.35. The second kappa shape index (κ2) is 8.79. The number of nitriles is 1. The molecule has 1 amide bonds. The van der Waals surface area contributed by atoms with Crippen LogP contribution in [0.1, 0.15) is 36.3 Å². The molecular weight excluding hydrogens is 401 g/mol. The summed E-state index contributed by atoms with van der Waals surface area (Å²) in [6.45, 7) is 3.96. The average Bonchev–Trinajstić information content (AvgIpc) is 2.75. The van der Waals surface area contributed by atoms with Crippen LogP contribution >= 0.6 is 0 Å². The molecule has 1 atom stereocenters. The van der Waals surface area contributed by atoms with E-state index < -0.39 is 11.7 Å². The van der Waals surface area contributed by atoms with Crippen LogP contribution in [0.15, 0.2) is 30.1 Å². The summed E-state index contributed by atoms with van der Waals surface area (Å²) in [7, 11) is 1.56. The molecule has 10 heteroatoms. The third-order valence-electron chi connectivity index (χ3n) is 4.84. The lowest BCUT2D eigenvalue weighted by Gasteiger charge is -2.25. The highest BCUT2D eigenvalue weighted by Gasteiger charge is 2.26. The first-order valence-electron chi connectivity index (χ1n) is 9.59. The van der Waals surface area contributed by atoms with Gasteiger partial charge in [0.05, 0.1) is 29.6 Å². The van der Waals surface area contributed by atoms with Gasteiger partial charge < -0.3 is 20.7 Å². The Labute approximate surface area is 178 Å². The van der Waals surface area contributed by atoms with Crippen LogP contribution in [0.3, 0.4) is 0 Å². The van der Waals surface area contributed by atoms with Gasteiger partial charge in [0, 0.05) is 24.9 Å². The number of halogens is 1. The zero-order valence-electron chi connectivity index (χ0n) is 17.4. The summed E-state index contributed by atoms with van der Waals surface area (Å²) >= 11 is 0. The number of nitrogen functional groups attached to an aromatic ring is 1. The highest BCUT2D eigenvalue weighted by molar-refractivity contribution is 6.30. The first-order valence-corrected chi connectivity index (χ1v) is 9.59. The molecule has 1 aliphatic rings. The minimum Gasteiger partial charge on any atom is -0.435 e. The fourth-order valence-corrected chi connectivity index (χ4v) is 3.04. The Morgan fingerprint density at radius 1 is 1.52 bits per heavy atom. The number of likely N-dealkylation sites (N-methyl/N-ethyl adjacent to an activating group) is 1. The molecule has 0 radical (unpaired) electrons. The van der Waals surface area contributed by atoms with E-state index in [1.165, 1.54) is 17.2 Å². The zero-order valence-corrected chi connectivity index (χ0v) is 17.4. The highest BCUT2D eigenvalue weighted by atomic mass is 19.1. The van der Waals surface area contributed by atoms with Crippen LogP contribution in [0.5, 0.6) is 11.6 Å². The van der Waals surface area contributed by atoms with Crippen molar-refractivity contribution in [3.05, 3.63) is 47.2 Å². The first-order chi connectivity index (χ1) is 14.7. The lowest BCUT2D eigenvalue weighted by Crippen LogP contribution is -2.36. The maximum absolute atomic E-state index is 13.9. The number of carbonyl (C=O) groups is 1. The molecule has 2 aromatic rings. The quantitative estimate of drug-likeness (QED) is 0.642. The normalized spacial score (nSPS) is 17.0. The predicted molar refractivity (Wildman–Crippen MR) is 113 cm³/mol. The van der Waals surface area contributed by atoms with Crippen molar-refractivity contribution in [1.29, 1.82) is 10.7 Å². The summed E-state index contributed by atoms with van der Waals surface area (Å²) < 4.78 is 19.6. The predicted octanol–water partition coefficient (Wildman–Crippen LogP) is 2.72. The number of carbonyl (C=O) groups excluding carboxylic acids is 1. The van der Waals surface area contributed by atoms with E-state index in [2.05, 4.69) is 15.3 Å². The minimum atomic E-state index is -0.601. The summed E-state index contributed by atoms with van der Waals surface area (Å²) in [4.78, 5) is 22.9. The van der Waals surface area contributed by atoms with Gasteiger partial charge in [0.2, 0.25) is 0 Å². The molecule has 2 bridgehead atoms. The Balaban J connectivity index is 2.30. The number of allylic oxidation sites excluding steroid dienone is 1.